The highest BCUT2D eigenvalue weighted by Gasteiger charge is 2.08. The van der Waals surface area contributed by atoms with Crippen molar-refractivity contribution < 1.29 is 4.79 Å². The Kier molecular flexibility index (Phi) is 6.57. The standard InChI is InChI=1S/C13H16N4OS.ClH/c1-9-2-4-10(5-3-9)8-12-16-17-13(19-12)15-11(18)6-7-14;/h2-5H,6-8,14H2,1H3,(H,15,17,18);1H. The van der Waals surface area contributed by atoms with Crippen LogP contribution in [0.3, 0.4) is 0 Å². The van der Waals surface area contributed by atoms with Crippen LogP contribution in [0.15, 0.2) is 24.3 Å². The monoisotopic (exact) mass is 312 g/mol. The lowest BCUT2D eigenvalue weighted by molar-refractivity contribution is -0.116. The predicted octanol–water partition coefficient (Wildman–Crippen LogP) is 2.15. The molecule has 2 rings (SSSR count). The van der Waals surface area contributed by atoms with Gasteiger partial charge in [0.15, 0.2) is 0 Å². The van der Waals surface area contributed by atoms with Crippen LogP contribution in [0.4, 0.5) is 5.13 Å². The van der Waals surface area contributed by atoms with Gasteiger partial charge in [0.05, 0.1) is 0 Å². The number of nitrogens with two attached hydrogens (primary N) is 1. The van der Waals surface area contributed by atoms with Gasteiger partial charge < -0.3 is 11.1 Å². The molecule has 0 aliphatic carbocycles. The zero-order valence-electron chi connectivity index (χ0n) is 11.1. The van der Waals surface area contributed by atoms with Crippen LogP contribution in [0.25, 0.3) is 0 Å². The van der Waals surface area contributed by atoms with E-state index >= 15 is 0 Å². The Bertz CT molecular complexity index is 556. The molecule has 0 aliphatic rings. The SMILES string of the molecule is Cc1ccc(Cc2nnc(NC(=O)CCN)s2)cc1.Cl. The first-order valence-electron chi connectivity index (χ1n) is 6.05. The van der Waals surface area contributed by atoms with Crippen LogP contribution in [-0.4, -0.2) is 22.6 Å². The largest absolute Gasteiger partial charge is 0.330 e. The summed E-state index contributed by atoms with van der Waals surface area (Å²) in [4.78, 5) is 11.4. The Morgan fingerprint density at radius 3 is 2.65 bits per heavy atom. The lowest BCUT2D eigenvalue weighted by Crippen LogP contribution is -2.15. The molecule has 0 bridgehead atoms. The van der Waals surface area contributed by atoms with E-state index in [-0.39, 0.29) is 18.3 Å². The summed E-state index contributed by atoms with van der Waals surface area (Å²) in [5, 5.41) is 12.1. The lowest BCUT2D eigenvalue weighted by atomic mass is 10.1. The number of carbonyl (C=O) groups excluding carboxylic acids is 1. The van der Waals surface area contributed by atoms with Gasteiger partial charge in [0.1, 0.15) is 5.01 Å². The second kappa shape index (κ2) is 7.94. The van der Waals surface area contributed by atoms with E-state index in [9.17, 15) is 4.79 Å². The van der Waals surface area contributed by atoms with E-state index in [4.69, 9.17) is 5.73 Å². The van der Waals surface area contributed by atoms with Gasteiger partial charge in [-0.1, -0.05) is 41.2 Å². The Labute approximate surface area is 128 Å². The highest BCUT2D eigenvalue weighted by Crippen LogP contribution is 2.18. The first-order chi connectivity index (χ1) is 9.17. The van der Waals surface area contributed by atoms with E-state index in [1.165, 1.54) is 22.5 Å². The van der Waals surface area contributed by atoms with E-state index in [0.717, 1.165) is 11.4 Å². The van der Waals surface area contributed by atoms with Gasteiger partial charge in [-0.3, -0.25) is 4.79 Å². The summed E-state index contributed by atoms with van der Waals surface area (Å²) in [5.41, 5.74) is 7.72. The maximum Gasteiger partial charge on any atom is 0.227 e. The summed E-state index contributed by atoms with van der Waals surface area (Å²) in [6.07, 6.45) is 1.03. The smallest absolute Gasteiger partial charge is 0.227 e. The number of halogens is 1. The highest BCUT2D eigenvalue weighted by atomic mass is 35.5. The minimum atomic E-state index is -0.125. The van der Waals surface area contributed by atoms with Crippen LogP contribution in [-0.2, 0) is 11.2 Å². The average molecular weight is 313 g/mol. The lowest BCUT2D eigenvalue weighted by Gasteiger charge is -1.98. The fourth-order valence-corrected chi connectivity index (χ4v) is 2.36. The van der Waals surface area contributed by atoms with Gasteiger partial charge in [0.2, 0.25) is 11.0 Å². The van der Waals surface area contributed by atoms with Gasteiger partial charge in [-0.2, -0.15) is 0 Å². The molecular weight excluding hydrogens is 296 g/mol. The Morgan fingerprint density at radius 2 is 2.00 bits per heavy atom. The number of nitrogens with one attached hydrogen (secondary N) is 1. The molecule has 0 fully saturated rings. The predicted molar refractivity (Wildman–Crippen MR) is 83.4 cm³/mol. The van der Waals surface area contributed by atoms with Crippen LogP contribution >= 0.6 is 23.7 Å². The van der Waals surface area contributed by atoms with Gasteiger partial charge >= 0.3 is 0 Å². The molecule has 7 heteroatoms. The van der Waals surface area contributed by atoms with Crippen molar-refractivity contribution in [1.29, 1.82) is 0 Å². The number of nitrogens with zero attached hydrogens (tertiary/aromatic N) is 2. The summed E-state index contributed by atoms with van der Waals surface area (Å²) < 4.78 is 0. The summed E-state index contributed by atoms with van der Waals surface area (Å²) in [7, 11) is 0. The number of benzene rings is 1. The van der Waals surface area contributed by atoms with E-state index in [2.05, 4.69) is 46.7 Å². The van der Waals surface area contributed by atoms with Crippen LogP contribution < -0.4 is 11.1 Å². The third kappa shape index (κ3) is 4.88. The maximum atomic E-state index is 11.4. The van der Waals surface area contributed by atoms with Crippen molar-refractivity contribution in [3.05, 3.63) is 40.4 Å². The zero-order valence-corrected chi connectivity index (χ0v) is 12.8. The third-order valence-corrected chi connectivity index (χ3v) is 3.40. The molecule has 20 heavy (non-hydrogen) atoms. The average Bonchev–Trinajstić information content (AvgIpc) is 2.80. The molecule has 0 atom stereocenters. The quantitative estimate of drug-likeness (QED) is 0.886. The molecule has 0 unspecified atom stereocenters. The fourth-order valence-electron chi connectivity index (χ4n) is 1.57. The van der Waals surface area contributed by atoms with Crippen LogP contribution in [0, 0.1) is 6.92 Å². The highest BCUT2D eigenvalue weighted by molar-refractivity contribution is 7.15. The number of rotatable bonds is 5. The van der Waals surface area contributed by atoms with Crippen molar-refractivity contribution in [3.8, 4) is 0 Å². The minimum Gasteiger partial charge on any atom is -0.330 e. The number of aryl methyl sites for hydroxylation is 1. The Hall–Kier alpha value is -1.50. The van der Waals surface area contributed by atoms with Crippen LogP contribution in [0.1, 0.15) is 22.6 Å². The molecule has 0 spiro atoms. The van der Waals surface area contributed by atoms with Crippen LogP contribution in [0.5, 0.6) is 0 Å². The zero-order chi connectivity index (χ0) is 13.7. The molecule has 108 valence electrons. The topological polar surface area (TPSA) is 80.9 Å². The normalized spacial score (nSPS) is 9.90. The number of carbonyl (C=O) groups is 1. The second-order valence-electron chi connectivity index (χ2n) is 4.25. The second-order valence-corrected chi connectivity index (χ2v) is 5.31. The fraction of sp³-hybridized carbons (Fsp3) is 0.308. The van der Waals surface area contributed by atoms with Crippen molar-refractivity contribution in [2.24, 2.45) is 5.73 Å². The molecule has 0 saturated heterocycles. The summed E-state index contributed by atoms with van der Waals surface area (Å²) in [6, 6.07) is 8.29. The van der Waals surface area contributed by atoms with Gasteiger partial charge in [-0.25, -0.2) is 0 Å². The number of aromatic nitrogens is 2. The van der Waals surface area contributed by atoms with E-state index < -0.39 is 0 Å². The number of anilines is 1. The molecule has 2 aromatic rings. The molecule has 1 aromatic heterocycles. The molecular formula is C13H17ClN4OS. The van der Waals surface area contributed by atoms with Crippen molar-refractivity contribution >= 4 is 34.8 Å². The maximum absolute atomic E-state index is 11.4. The Balaban J connectivity index is 0.00000200. The number of hydrogen-bond donors (Lipinski definition) is 2. The molecule has 0 radical (unpaired) electrons. The third-order valence-electron chi connectivity index (χ3n) is 2.56. The van der Waals surface area contributed by atoms with Crippen molar-refractivity contribution in [1.82, 2.24) is 10.2 Å². The molecule has 1 aromatic carbocycles. The van der Waals surface area contributed by atoms with Gasteiger partial charge in [0, 0.05) is 19.4 Å². The molecule has 5 nitrogen and oxygen atoms in total. The summed E-state index contributed by atoms with van der Waals surface area (Å²) >= 11 is 1.39. The Morgan fingerprint density at radius 1 is 1.30 bits per heavy atom. The van der Waals surface area contributed by atoms with E-state index in [1.54, 1.807) is 0 Å². The van der Waals surface area contributed by atoms with Crippen molar-refractivity contribution in [2.45, 2.75) is 19.8 Å². The van der Waals surface area contributed by atoms with Gasteiger partial charge in [0.25, 0.3) is 0 Å². The molecule has 3 N–H and O–H groups in total. The number of hydrogen-bond acceptors (Lipinski definition) is 5. The minimum absolute atomic E-state index is 0. The van der Waals surface area contributed by atoms with Gasteiger partial charge in [-0.15, -0.1) is 22.6 Å². The van der Waals surface area contributed by atoms with Crippen molar-refractivity contribution in [2.75, 3.05) is 11.9 Å². The molecule has 1 heterocycles. The van der Waals surface area contributed by atoms with Crippen LogP contribution in [0.2, 0.25) is 0 Å². The first kappa shape index (κ1) is 16.6. The summed E-state index contributed by atoms with van der Waals surface area (Å²) in [6.45, 7) is 2.39. The number of amides is 1. The molecule has 0 aliphatic heterocycles. The van der Waals surface area contributed by atoms with E-state index in [1.807, 2.05) is 0 Å². The molecule has 1 amide bonds. The van der Waals surface area contributed by atoms with E-state index in [0.29, 0.717) is 18.1 Å². The van der Waals surface area contributed by atoms with Gasteiger partial charge in [-0.05, 0) is 12.5 Å². The molecule has 0 saturated carbocycles. The summed E-state index contributed by atoms with van der Waals surface area (Å²) in [5.74, 6) is -0.125. The first-order valence-corrected chi connectivity index (χ1v) is 6.87. The van der Waals surface area contributed by atoms with Crippen molar-refractivity contribution in [3.63, 3.8) is 0 Å².